The number of benzene rings is 1. The second-order valence-corrected chi connectivity index (χ2v) is 4.98. The normalized spacial score (nSPS) is 17.9. The molecule has 1 amide bonds. The Morgan fingerprint density at radius 2 is 2.25 bits per heavy atom. The number of furan rings is 1. The van der Waals surface area contributed by atoms with Crippen LogP contribution in [0.1, 0.15) is 29.6 Å². The first-order chi connectivity index (χ1) is 9.34. The summed E-state index contributed by atoms with van der Waals surface area (Å²) in [6, 6.07) is 8.15. The molecule has 0 unspecified atom stereocenters. The molecule has 108 valence electrons. The summed E-state index contributed by atoms with van der Waals surface area (Å²) < 4.78 is 5.38. The maximum atomic E-state index is 12.1. The lowest BCUT2D eigenvalue weighted by Gasteiger charge is -2.10. The summed E-state index contributed by atoms with van der Waals surface area (Å²) >= 11 is 0. The zero-order valence-corrected chi connectivity index (χ0v) is 12.0. The number of hydrogen-bond acceptors (Lipinski definition) is 3. The standard InChI is InChI=1S/C15H18N2O2.ClH/c18-15(17-9-7-11-4-3-8-16-11)13-10-19-14-6-2-1-5-12(13)14;/h1-2,5-6,10-11,16H,3-4,7-9H2,(H,17,18);1H/t11-;/m1./s1. The van der Waals surface area contributed by atoms with Crippen LogP contribution >= 0.6 is 12.4 Å². The maximum absolute atomic E-state index is 12.1. The molecule has 2 N–H and O–H groups in total. The Hall–Kier alpha value is -1.52. The molecule has 4 nitrogen and oxygen atoms in total. The van der Waals surface area contributed by atoms with Crippen molar-refractivity contribution in [2.75, 3.05) is 13.1 Å². The number of amides is 1. The van der Waals surface area contributed by atoms with E-state index in [0.29, 0.717) is 18.2 Å². The molecule has 1 aromatic heterocycles. The summed E-state index contributed by atoms with van der Waals surface area (Å²) in [7, 11) is 0. The average molecular weight is 295 g/mol. The monoisotopic (exact) mass is 294 g/mol. The van der Waals surface area contributed by atoms with Crippen molar-refractivity contribution in [3.05, 3.63) is 36.1 Å². The quantitative estimate of drug-likeness (QED) is 0.911. The molecule has 1 aliphatic rings. The number of carbonyl (C=O) groups is 1. The van der Waals surface area contributed by atoms with Crippen LogP contribution in [-0.4, -0.2) is 25.0 Å². The molecule has 20 heavy (non-hydrogen) atoms. The molecule has 1 fully saturated rings. The van der Waals surface area contributed by atoms with Gasteiger partial charge in [0, 0.05) is 18.0 Å². The minimum absolute atomic E-state index is 0. The van der Waals surface area contributed by atoms with Crippen LogP contribution in [0.4, 0.5) is 0 Å². The molecule has 1 aliphatic heterocycles. The summed E-state index contributed by atoms with van der Waals surface area (Å²) in [4.78, 5) is 12.1. The smallest absolute Gasteiger partial charge is 0.255 e. The van der Waals surface area contributed by atoms with Crippen molar-refractivity contribution in [1.82, 2.24) is 10.6 Å². The molecule has 0 aliphatic carbocycles. The number of carbonyl (C=O) groups excluding carboxylic acids is 1. The van der Waals surface area contributed by atoms with Gasteiger partial charge in [0.1, 0.15) is 11.8 Å². The number of halogens is 1. The van der Waals surface area contributed by atoms with Gasteiger partial charge in [0.05, 0.1) is 5.56 Å². The van der Waals surface area contributed by atoms with Gasteiger partial charge in [-0.05, 0) is 31.9 Å². The fourth-order valence-corrected chi connectivity index (χ4v) is 2.61. The largest absolute Gasteiger partial charge is 0.463 e. The highest BCUT2D eigenvalue weighted by Crippen LogP contribution is 2.20. The Labute approximate surface area is 124 Å². The van der Waals surface area contributed by atoms with E-state index in [4.69, 9.17) is 4.42 Å². The maximum Gasteiger partial charge on any atom is 0.255 e. The molecular weight excluding hydrogens is 276 g/mol. The van der Waals surface area contributed by atoms with Gasteiger partial charge >= 0.3 is 0 Å². The highest BCUT2D eigenvalue weighted by molar-refractivity contribution is 6.05. The van der Waals surface area contributed by atoms with Crippen molar-refractivity contribution in [2.24, 2.45) is 0 Å². The van der Waals surface area contributed by atoms with Crippen molar-refractivity contribution >= 4 is 29.3 Å². The number of para-hydroxylation sites is 1. The van der Waals surface area contributed by atoms with Crippen LogP contribution in [0.5, 0.6) is 0 Å². The molecule has 5 heteroatoms. The van der Waals surface area contributed by atoms with Gasteiger partial charge in [-0.3, -0.25) is 4.79 Å². The van der Waals surface area contributed by atoms with E-state index >= 15 is 0 Å². The van der Waals surface area contributed by atoms with Gasteiger partial charge in [0.2, 0.25) is 0 Å². The molecule has 0 bridgehead atoms. The van der Waals surface area contributed by atoms with Crippen molar-refractivity contribution in [1.29, 1.82) is 0 Å². The lowest BCUT2D eigenvalue weighted by Crippen LogP contribution is -2.30. The summed E-state index contributed by atoms with van der Waals surface area (Å²) in [5.74, 6) is -0.0528. The van der Waals surface area contributed by atoms with Crippen LogP contribution in [0.15, 0.2) is 34.9 Å². The van der Waals surface area contributed by atoms with E-state index in [-0.39, 0.29) is 18.3 Å². The predicted octanol–water partition coefficient (Wildman–Crippen LogP) is 2.73. The van der Waals surface area contributed by atoms with Crippen molar-refractivity contribution in [2.45, 2.75) is 25.3 Å². The number of hydrogen-bond donors (Lipinski definition) is 2. The number of fused-ring (bicyclic) bond motifs is 1. The second-order valence-electron chi connectivity index (χ2n) is 4.98. The SMILES string of the molecule is Cl.O=C(NCC[C@H]1CCCN1)c1coc2ccccc12. The van der Waals surface area contributed by atoms with Crippen LogP contribution in [0.3, 0.4) is 0 Å². The van der Waals surface area contributed by atoms with E-state index in [9.17, 15) is 4.79 Å². The molecule has 1 atom stereocenters. The fourth-order valence-electron chi connectivity index (χ4n) is 2.61. The van der Waals surface area contributed by atoms with Crippen LogP contribution in [0, 0.1) is 0 Å². The Morgan fingerprint density at radius 1 is 1.40 bits per heavy atom. The van der Waals surface area contributed by atoms with Gasteiger partial charge in [0.15, 0.2) is 0 Å². The van der Waals surface area contributed by atoms with Crippen LogP contribution in [0.25, 0.3) is 11.0 Å². The predicted molar refractivity (Wildman–Crippen MR) is 81.4 cm³/mol. The third kappa shape index (κ3) is 3.14. The highest BCUT2D eigenvalue weighted by atomic mass is 35.5. The minimum atomic E-state index is -0.0528. The van der Waals surface area contributed by atoms with E-state index in [2.05, 4.69) is 10.6 Å². The van der Waals surface area contributed by atoms with E-state index in [0.717, 1.165) is 23.9 Å². The lowest BCUT2D eigenvalue weighted by atomic mass is 10.1. The van der Waals surface area contributed by atoms with Gasteiger partial charge in [-0.15, -0.1) is 12.4 Å². The molecule has 3 rings (SSSR count). The topological polar surface area (TPSA) is 54.3 Å². The van der Waals surface area contributed by atoms with Gasteiger partial charge in [-0.1, -0.05) is 18.2 Å². The fraction of sp³-hybridized carbons (Fsp3) is 0.400. The van der Waals surface area contributed by atoms with Crippen LogP contribution < -0.4 is 10.6 Å². The lowest BCUT2D eigenvalue weighted by molar-refractivity contribution is 0.0953. The minimum Gasteiger partial charge on any atom is -0.463 e. The van der Waals surface area contributed by atoms with Crippen molar-refractivity contribution in [3.63, 3.8) is 0 Å². The van der Waals surface area contributed by atoms with Gasteiger partial charge in [-0.2, -0.15) is 0 Å². The van der Waals surface area contributed by atoms with Gasteiger partial charge in [0.25, 0.3) is 5.91 Å². The molecular formula is C15H19ClN2O2. The molecule has 2 heterocycles. The molecule has 0 spiro atoms. The molecule has 1 aromatic carbocycles. The summed E-state index contributed by atoms with van der Waals surface area (Å²) in [6.07, 6.45) is 4.98. The Kier molecular flexibility index (Phi) is 5.04. The zero-order valence-electron chi connectivity index (χ0n) is 11.2. The van der Waals surface area contributed by atoms with Gasteiger partial charge in [-0.25, -0.2) is 0 Å². The first-order valence-corrected chi connectivity index (χ1v) is 6.82. The molecule has 0 saturated carbocycles. The van der Waals surface area contributed by atoms with E-state index < -0.39 is 0 Å². The summed E-state index contributed by atoms with van der Waals surface area (Å²) in [5.41, 5.74) is 1.38. The van der Waals surface area contributed by atoms with Crippen LogP contribution in [0.2, 0.25) is 0 Å². The number of nitrogens with one attached hydrogen (secondary N) is 2. The van der Waals surface area contributed by atoms with Crippen LogP contribution in [-0.2, 0) is 0 Å². The van der Waals surface area contributed by atoms with E-state index in [1.54, 1.807) is 0 Å². The number of rotatable bonds is 4. The molecule has 2 aromatic rings. The molecule has 1 saturated heterocycles. The first-order valence-electron chi connectivity index (χ1n) is 6.82. The highest BCUT2D eigenvalue weighted by Gasteiger charge is 2.16. The molecule has 0 radical (unpaired) electrons. The van der Waals surface area contributed by atoms with Gasteiger partial charge < -0.3 is 15.1 Å². The summed E-state index contributed by atoms with van der Waals surface area (Å²) in [5, 5.41) is 7.26. The Morgan fingerprint density at radius 3 is 3.05 bits per heavy atom. The van der Waals surface area contributed by atoms with Crippen molar-refractivity contribution < 1.29 is 9.21 Å². The van der Waals surface area contributed by atoms with E-state index in [1.807, 2.05) is 24.3 Å². The average Bonchev–Trinajstić information content (AvgIpc) is 3.07. The third-order valence-corrected chi connectivity index (χ3v) is 3.67. The Bertz CT molecular complexity index is 576. The Balaban J connectivity index is 0.00000147. The first kappa shape index (κ1) is 14.9. The zero-order chi connectivity index (χ0) is 13.1. The third-order valence-electron chi connectivity index (χ3n) is 3.67. The second kappa shape index (κ2) is 6.77. The summed E-state index contributed by atoms with van der Waals surface area (Å²) in [6.45, 7) is 1.81. The van der Waals surface area contributed by atoms with E-state index in [1.165, 1.54) is 19.1 Å². The van der Waals surface area contributed by atoms with Crippen molar-refractivity contribution in [3.8, 4) is 0 Å².